The van der Waals surface area contributed by atoms with Crippen LogP contribution in [0.25, 0.3) is 0 Å². The van der Waals surface area contributed by atoms with Crippen molar-refractivity contribution < 1.29 is 4.74 Å². The second kappa shape index (κ2) is 8.70. The lowest BCUT2D eigenvalue weighted by atomic mass is 10.0. The molecule has 0 aromatic heterocycles. The predicted molar refractivity (Wildman–Crippen MR) is 96.7 cm³/mol. The Kier molecular flexibility index (Phi) is 6.63. The Morgan fingerprint density at radius 1 is 1.00 bits per heavy atom. The smallest absolute Gasteiger partial charge is 0.124 e. The van der Waals surface area contributed by atoms with Gasteiger partial charge in [0.15, 0.2) is 0 Å². The van der Waals surface area contributed by atoms with Gasteiger partial charge in [-0.1, -0.05) is 61.9 Å². The van der Waals surface area contributed by atoms with E-state index in [1.165, 1.54) is 16.7 Å². The first-order chi connectivity index (χ1) is 11.2. The Labute approximate surface area is 140 Å². The third-order valence-corrected chi connectivity index (χ3v) is 4.27. The Bertz CT molecular complexity index is 591. The zero-order valence-electron chi connectivity index (χ0n) is 14.5. The molecule has 0 aliphatic carbocycles. The maximum atomic E-state index is 6.10. The van der Waals surface area contributed by atoms with Crippen molar-refractivity contribution in [2.75, 3.05) is 19.6 Å². The molecule has 0 aliphatic heterocycles. The summed E-state index contributed by atoms with van der Waals surface area (Å²) in [6.45, 7) is 9.55. The molecule has 2 aromatic rings. The van der Waals surface area contributed by atoms with E-state index in [4.69, 9.17) is 10.5 Å². The van der Waals surface area contributed by atoms with Gasteiger partial charge in [0.25, 0.3) is 0 Å². The normalized spacial score (nSPS) is 12.4. The lowest BCUT2D eigenvalue weighted by Gasteiger charge is -2.30. The van der Waals surface area contributed by atoms with Gasteiger partial charge in [0, 0.05) is 12.1 Å². The second-order valence-electron chi connectivity index (χ2n) is 5.78. The van der Waals surface area contributed by atoms with Crippen molar-refractivity contribution in [2.24, 2.45) is 5.73 Å². The summed E-state index contributed by atoms with van der Waals surface area (Å²) in [6, 6.07) is 16.9. The monoisotopic (exact) mass is 312 g/mol. The van der Waals surface area contributed by atoms with Gasteiger partial charge in [-0.2, -0.15) is 0 Å². The fourth-order valence-corrected chi connectivity index (χ4v) is 2.87. The van der Waals surface area contributed by atoms with Crippen molar-refractivity contribution in [1.29, 1.82) is 0 Å². The van der Waals surface area contributed by atoms with Crippen LogP contribution in [-0.4, -0.2) is 24.5 Å². The van der Waals surface area contributed by atoms with E-state index in [0.29, 0.717) is 13.2 Å². The van der Waals surface area contributed by atoms with E-state index in [2.05, 4.69) is 62.1 Å². The predicted octanol–water partition coefficient (Wildman–Crippen LogP) is 3.92. The van der Waals surface area contributed by atoms with Crippen molar-refractivity contribution in [1.82, 2.24) is 4.90 Å². The van der Waals surface area contributed by atoms with Crippen LogP contribution in [0.5, 0.6) is 5.75 Å². The summed E-state index contributed by atoms with van der Waals surface area (Å²) in [5, 5.41) is 0. The summed E-state index contributed by atoms with van der Waals surface area (Å²) in [6.07, 6.45) is 0. The summed E-state index contributed by atoms with van der Waals surface area (Å²) in [7, 11) is 0. The summed E-state index contributed by atoms with van der Waals surface area (Å²) in [4.78, 5) is 2.37. The van der Waals surface area contributed by atoms with E-state index < -0.39 is 0 Å². The number of rotatable bonds is 8. The van der Waals surface area contributed by atoms with Gasteiger partial charge in [-0.15, -0.1) is 0 Å². The molecule has 0 aliphatic rings. The molecule has 0 amide bonds. The van der Waals surface area contributed by atoms with Gasteiger partial charge in [-0.25, -0.2) is 0 Å². The third kappa shape index (κ3) is 4.57. The van der Waals surface area contributed by atoms with E-state index in [-0.39, 0.29) is 6.04 Å². The van der Waals surface area contributed by atoms with E-state index in [1.807, 2.05) is 12.1 Å². The number of nitrogens with zero attached hydrogens (tertiary/aromatic N) is 1. The number of hydrogen-bond donors (Lipinski definition) is 1. The minimum atomic E-state index is 0.194. The van der Waals surface area contributed by atoms with Gasteiger partial charge < -0.3 is 10.5 Å². The fourth-order valence-electron chi connectivity index (χ4n) is 2.87. The van der Waals surface area contributed by atoms with Gasteiger partial charge in [0.05, 0.1) is 6.04 Å². The molecule has 0 bridgehead atoms. The van der Waals surface area contributed by atoms with Crippen LogP contribution in [0, 0.1) is 6.92 Å². The zero-order chi connectivity index (χ0) is 16.7. The van der Waals surface area contributed by atoms with E-state index in [0.717, 1.165) is 18.8 Å². The molecule has 23 heavy (non-hydrogen) atoms. The number of aryl methyl sites for hydroxylation is 1. The molecule has 0 heterocycles. The van der Waals surface area contributed by atoms with E-state index in [9.17, 15) is 0 Å². The first kappa shape index (κ1) is 17.5. The van der Waals surface area contributed by atoms with Crippen molar-refractivity contribution >= 4 is 0 Å². The number of para-hydroxylation sites is 1. The number of hydrogen-bond acceptors (Lipinski definition) is 3. The first-order valence-corrected chi connectivity index (χ1v) is 8.41. The van der Waals surface area contributed by atoms with Crippen LogP contribution >= 0.6 is 0 Å². The van der Waals surface area contributed by atoms with Crippen LogP contribution in [0.15, 0.2) is 48.5 Å². The third-order valence-electron chi connectivity index (χ3n) is 4.27. The lowest BCUT2D eigenvalue weighted by molar-refractivity contribution is 0.214. The summed E-state index contributed by atoms with van der Waals surface area (Å²) in [5.74, 6) is 0.926. The van der Waals surface area contributed by atoms with Gasteiger partial charge in [0.1, 0.15) is 12.4 Å². The fraction of sp³-hybridized carbons (Fsp3) is 0.400. The Balaban J connectivity index is 2.17. The molecular weight excluding hydrogens is 284 g/mol. The van der Waals surface area contributed by atoms with Crippen molar-refractivity contribution in [3.05, 3.63) is 65.2 Å². The van der Waals surface area contributed by atoms with E-state index >= 15 is 0 Å². The number of likely N-dealkylation sites (N-methyl/N-ethyl adjacent to an activating group) is 1. The van der Waals surface area contributed by atoms with Gasteiger partial charge in [0.2, 0.25) is 0 Å². The molecule has 2 rings (SSSR count). The minimum absolute atomic E-state index is 0.194. The molecule has 0 saturated heterocycles. The van der Waals surface area contributed by atoms with Gasteiger partial charge in [-0.3, -0.25) is 4.90 Å². The lowest BCUT2D eigenvalue weighted by Crippen LogP contribution is -2.33. The largest absolute Gasteiger partial charge is 0.489 e. The van der Waals surface area contributed by atoms with Crippen molar-refractivity contribution in [3.63, 3.8) is 0 Å². The Hall–Kier alpha value is -1.84. The average molecular weight is 312 g/mol. The van der Waals surface area contributed by atoms with E-state index in [1.54, 1.807) is 0 Å². The Morgan fingerprint density at radius 2 is 1.65 bits per heavy atom. The highest BCUT2D eigenvalue weighted by Crippen LogP contribution is 2.29. The number of nitrogens with two attached hydrogens (primary N) is 1. The number of ether oxygens (including phenoxy) is 1. The molecule has 124 valence electrons. The maximum Gasteiger partial charge on any atom is 0.124 e. The summed E-state index contributed by atoms with van der Waals surface area (Å²) in [5.41, 5.74) is 9.67. The second-order valence-corrected chi connectivity index (χ2v) is 5.78. The van der Waals surface area contributed by atoms with Crippen LogP contribution < -0.4 is 10.5 Å². The molecular formula is C20H28N2O. The van der Waals surface area contributed by atoms with Gasteiger partial charge in [-0.05, 0) is 31.6 Å². The maximum absolute atomic E-state index is 6.10. The standard InChI is InChI=1S/C20H28N2O/c1-4-22(5-2)19(14-21)18-8-6-7-9-20(18)23-15-17-12-10-16(3)11-13-17/h6-13,19H,4-5,14-15,21H2,1-3H3. The molecule has 0 radical (unpaired) electrons. The van der Waals surface area contributed by atoms with Gasteiger partial charge >= 0.3 is 0 Å². The molecule has 2 N–H and O–H groups in total. The molecule has 0 spiro atoms. The van der Waals surface area contributed by atoms with Crippen LogP contribution in [-0.2, 0) is 6.61 Å². The topological polar surface area (TPSA) is 38.5 Å². The Morgan fingerprint density at radius 3 is 2.26 bits per heavy atom. The number of benzene rings is 2. The first-order valence-electron chi connectivity index (χ1n) is 8.41. The quantitative estimate of drug-likeness (QED) is 0.803. The van der Waals surface area contributed by atoms with Crippen molar-refractivity contribution in [3.8, 4) is 5.75 Å². The van der Waals surface area contributed by atoms with Crippen LogP contribution in [0.3, 0.4) is 0 Å². The molecule has 0 saturated carbocycles. The summed E-state index contributed by atoms with van der Waals surface area (Å²) < 4.78 is 6.10. The van der Waals surface area contributed by atoms with Crippen LogP contribution in [0.4, 0.5) is 0 Å². The molecule has 0 fully saturated rings. The SMILES string of the molecule is CCN(CC)C(CN)c1ccccc1OCc1ccc(C)cc1. The van der Waals surface area contributed by atoms with Crippen molar-refractivity contribution in [2.45, 2.75) is 33.4 Å². The average Bonchev–Trinajstić information content (AvgIpc) is 2.59. The highest BCUT2D eigenvalue weighted by Gasteiger charge is 2.19. The highest BCUT2D eigenvalue weighted by molar-refractivity contribution is 5.36. The molecule has 1 atom stereocenters. The minimum Gasteiger partial charge on any atom is -0.489 e. The molecule has 1 unspecified atom stereocenters. The molecule has 3 nitrogen and oxygen atoms in total. The summed E-state index contributed by atoms with van der Waals surface area (Å²) >= 11 is 0. The highest BCUT2D eigenvalue weighted by atomic mass is 16.5. The zero-order valence-corrected chi connectivity index (χ0v) is 14.5. The van der Waals surface area contributed by atoms with Crippen LogP contribution in [0.1, 0.15) is 36.6 Å². The van der Waals surface area contributed by atoms with Crippen LogP contribution in [0.2, 0.25) is 0 Å². The molecule has 3 heteroatoms. The molecule has 2 aromatic carbocycles.